The summed E-state index contributed by atoms with van der Waals surface area (Å²) in [7, 11) is -0.854. The number of halogens is 2. The smallest absolute Gasteiger partial charge is 0.302 e. The molecule has 0 spiro atoms. The molecule has 1 aliphatic rings. The summed E-state index contributed by atoms with van der Waals surface area (Å²) in [6.45, 7) is 0.208. The van der Waals surface area contributed by atoms with Crippen molar-refractivity contribution in [1.29, 1.82) is 0 Å². The van der Waals surface area contributed by atoms with Crippen LogP contribution in [0.4, 0.5) is 15.3 Å². The van der Waals surface area contributed by atoms with Gasteiger partial charge in [-0.25, -0.2) is 0 Å². The molecule has 0 N–H and O–H groups in total. The fourth-order valence-electron chi connectivity index (χ4n) is 2.50. The van der Waals surface area contributed by atoms with Gasteiger partial charge in [0.05, 0.1) is 17.1 Å². The van der Waals surface area contributed by atoms with Gasteiger partial charge < -0.3 is 9.80 Å². The van der Waals surface area contributed by atoms with E-state index in [1.807, 2.05) is 31.1 Å². The zero-order chi connectivity index (χ0) is 15.8. The first kappa shape index (κ1) is 16.2. The number of carbonyl (C=O) groups excluding carboxylic acids is 1. The van der Waals surface area contributed by atoms with Crippen LogP contribution in [0.2, 0.25) is 0 Å². The molecule has 21 heavy (non-hydrogen) atoms. The molecular formula is C13H16BrFN2O3S. The molecule has 1 atom stereocenters. The van der Waals surface area contributed by atoms with E-state index in [2.05, 4.69) is 15.9 Å². The van der Waals surface area contributed by atoms with Crippen molar-refractivity contribution in [3.05, 3.63) is 22.7 Å². The summed E-state index contributed by atoms with van der Waals surface area (Å²) in [5.41, 5.74) is 1.54. The Morgan fingerprint density at radius 3 is 2.67 bits per heavy atom. The standard InChI is InChI=1S/C13H16BrFN2O3S/c1-16(2)11-4-3-10(14)6-12(11)17-7-9(5-13(17)18)8-21(15,19)20/h3-4,6,9H,5,7-8H2,1-2H3. The van der Waals surface area contributed by atoms with Crippen molar-refractivity contribution in [2.24, 2.45) is 5.92 Å². The molecule has 1 aromatic carbocycles. The Morgan fingerprint density at radius 1 is 1.43 bits per heavy atom. The van der Waals surface area contributed by atoms with Crippen LogP contribution in [0.5, 0.6) is 0 Å². The number of hydrogen-bond acceptors (Lipinski definition) is 4. The normalized spacial score (nSPS) is 19.1. The number of nitrogens with zero attached hydrogens (tertiary/aromatic N) is 2. The molecule has 0 radical (unpaired) electrons. The fourth-order valence-corrected chi connectivity index (χ4v) is 3.63. The summed E-state index contributed by atoms with van der Waals surface area (Å²) in [5, 5.41) is 0. The second-order valence-electron chi connectivity index (χ2n) is 5.31. The molecule has 5 nitrogen and oxygen atoms in total. The van der Waals surface area contributed by atoms with Crippen LogP contribution in [0.15, 0.2) is 22.7 Å². The number of rotatable bonds is 4. The van der Waals surface area contributed by atoms with Gasteiger partial charge in [0.15, 0.2) is 0 Å². The minimum absolute atomic E-state index is 0.0442. The largest absolute Gasteiger partial charge is 0.376 e. The van der Waals surface area contributed by atoms with Crippen molar-refractivity contribution in [1.82, 2.24) is 0 Å². The molecule has 0 aliphatic carbocycles. The van der Waals surface area contributed by atoms with Crippen molar-refractivity contribution in [3.8, 4) is 0 Å². The summed E-state index contributed by atoms with van der Waals surface area (Å²) in [6.07, 6.45) is 0.0442. The Kier molecular flexibility index (Phi) is 4.57. The lowest BCUT2D eigenvalue weighted by atomic mass is 10.1. The van der Waals surface area contributed by atoms with Crippen molar-refractivity contribution in [2.75, 3.05) is 36.2 Å². The highest BCUT2D eigenvalue weighted by Crippen LogP contribution is 2.35. The molecule has 8 heteroatoms. The molecule has 1 amide bonds. The van der Waals surface area contributed by atoms with E-state index in [0.29, 0.717) is 5.69 Å². The average molecular weight is 379 g/mol. The molecule has 1 aliphatic heterocycles. The van der Waals surface area contributed by atoms with E-state index in [1.165, 1.54) is 4.90 Å². The van der Waals surface area contributed by atoms with Gasteiger partial charge in [-0.05, 0) is 18.2 Å². The predicted octanol–water partition coefficient (Wildman–Crippen LogP) is 2.17. The molecule has 1 saturated heterocycles. The minimum Gasteiger partial charge on any atom is -0.376 e. The first-order valence-electron chi connectivity index (χ1n) is 6.37. The molecule has 1 fully saturated rings. The van der Waals surface area contributed by atoms with Crippen LogP contribution in [-0.4, -0.2) is 40.7 Å². The van der Waals surface area contributed by atoms with Crippen molar-refractivity contribution < 1.29 is 17.1 Å². The lowest BCUT2D eigenvalue weighted by Gasteiger charge is -2.24. The summed E-state index contributed by atoms with van der Waals surface area (Å²) in [6, 6.07) is 5.54. The lowest BCUT2D eigenvalue weighted by Crippen LogP contribution is -2.27. The quantitative estimate of drug-likeness (QED) is 0.753. The summed E-state index contributed by atoms with van der Waals surface area (Å²) in [5.74, 6) is -1.31. The Morgan fingerprint density at radius 2 is 2.10 bits per heavy atom. The van der Waals surface area contributed by atoms with Crippen LogP contribution in [0, 0.1) is 5.92 Å². The van der Waals surface area contributed by atoms with Gasteiger partial charge in [-0.1, -0.05) is 15.9 Å². The van der Waals surface area contributed by atoms with Gasteiger partial charge in [0.25, 0.3) is 0 Å². The van der Waals surface area contributed by atoms with Crippen LogP contribution in [0.3, 0.4) is 0 Å². The van der Waals surface area contributed by atoms with Crippen LogP contribution in [0.25, 0.3) is 0 Å². The maximum absolute atomic E-state index is 12.8. The lowest BCUT2D eigenvalue weighted by molar-refractivity contribution is -0.117. The van der Waals surface area contributed by atoms with Gasteiger partial charge in [-0.15, -0.1) is 3.89 Å². The average Bonchev–Trinajstić information content (AvgIpc) is 2.66. The number of benzene rings is 1. The Labute approximate surface area is 132 Å². The molecule has 116 valence electrons. The molecule has 0 saturated carbocycles. The van der Waals surface area contributed by atoms with Crippen LogP contribution >= 0.6 is 15.9 Å². The fraction of sp³-hybridized carbons (Fsp3) is 0.462. The molecule has 2 rings (SSSR count). The van der Waals surface area contributed by atoms with Gasteiger partial charge in [-0.3, -0.25) is 4.79 Å². The third-order valence-electron chi connectivity index (χ3n) is 3.35. The molecule has 0 bridgehead atoms. The highest BCUT2D eigenvalue weighted by molar-refractivity contribution is 9.10. The van der Waals surface area contributed by atoms with E-state index >= 15 is 0 Å². The Bertz CT molecular complexity index is 663. The zero-order valence-corrected chi connectivity index (χ0v) is 14.1. The highest BCUT2D eigenvalue weighted by atomic mass is 79.9. The third-order valence-corrected chi connectivity index (χ3v) is 4.71. The summed E-state index contributed by atoms with van der Waals surface area (Å²) in [4.78, 5) is 15.5. The number of amides is 1. The highest BCUT2D eigenvalue weighted by Gasteiger charge is 2.34. The van der Waals surface area contributed by atoms with Gasteiger partial charge >= 0.3 is 10.2 Å². The Balaban J connectivity index is 2.30. The summed E-state index contributed by atoms with van der Waals surface area (Å²) < 4.78 is 35.1. The minimum atomic E-state index is -4.57. The van der Waals surface area contributed by atoms with Crippen LogP contribution < -0.4 is 9.80 Å². The van der Waals surface area contributed by atoms with Crippen LogP contribution in [-0.2, 0) is 15.0 Å². The molecule has 1 aromatic rings. The maximum Gasteiger partial charge on any atom is 0.302 e. The van der Waals surface area contributed by atoms with Crippen molar-refractivity contribution in [3.63, 3.8) is 0 Å². The number of anilines is 2. The SMILES string of the molecule is CN(C)c1ccc(Br)cc1N1CC(CS(=O)(=O)F)CC1=O. The van der Waals surface area contributed by atoms with E-state index in [-0.39, 0.29) is 18.9 Å². The van der Waals surface area contributed by atoms with E-state index < -0.39 is 21.9 Å². The molecule has 1 heterocycles. The topological polar surface area (TPSA) is 57.7 Å². The molecule has 1 unspecified atom stereocenters. The van der Waals surface area contributed by atoms with Gasteiger partial charge in [-0.2, -0.15) is 8.42 Å². The first-order chi connectivity index (χ1) is 9.67. The second kappa shape index (κ2) is 5.92. The van der Waals surface area contributed by atoms with Crippen LogP contribution in [0.1, 0.15) is 6.42 Å². The van der Waals surface area contributed by atoms with E-state index in [0.717, 1.165) is 10.2 Å². The van der Waals surface area contributed by atoms with E-state index in [4.69, 9.17) is 0 Å². The van der Waals surface area contributed by atoms with Gasteiger partial charge in [0.1, 0.15) is 0 Å². The van der Waals surface area contributed by atoms with Crippen molar-refractivity contribution in [2.45, 2.75) is 6.42 Å². The maximum atomic E-state index is 12.8. The van der Waals surface area contributed by atoms with E-state index in [1.54, 1.807) is 6.07 Å². The third kappa shape index (κ3) is 3.94. The zero-order valence-electron chi connectivity index (χ0n) is 11.7. The molecule has 0 aromatic heterocycles. The predicted molar refractivity (Wildman–Crippen MR) is 83.8 cm³/mol. The van der Waals surface area contributed by atoms with Crippen molar-refractivity contribution >= 4 is 43.4 Å². The van der Waals surface area contributed by atoms with Gasteiger partial charge in [0, 0.05) is 37.5 Å². The first-order valence-corrected chi connectivity index (χ1v) is 8.71. The number of carbonyl (C=O) groups is 1. The molecular weight excluding hydrogens is 363 g/mol. The van der Waals surface area contributed by atoms with Gasteiger partial charge in [0.2, 0.25) is 5.91 Å². The summed E-state index contributed by atoms with van der Waals surface area (Å²) >= 11 is 3.36. The monoisotopic (exact) mass is 378 g/mol. The second-order valence-corrected chi connectivity index (χ2v) is 7.63. The number of hydrogen-bond donors (Lipinski definition) is 0. The Hall–Kier alpha value is -1.15. The van der Waals surface area contributed by atoms with E-state index in [9.17, 15) is 17.1 Å².